The maximum Gasteiger partial charge on any atom is 0.416 e. The van der Waals surface area contributed by atoms with Gasteiger partial charge in [-0.05, 0) is 0 Å². The normalized spacial score (nSPS) is 20.1. The first-order valence-electron chi connectivity index (χ1n) is 4.36. The van der Waals surface area contributed by atoms with Gasteiger partial charge in [0.15, 0.2) is 0 Å². The zero-order valence-corrected chi connectivity index (χ0v) is 7.97. The maximum absolute atomic E-state index is 11.6. The first kappa shape index (κ1) is 10.7. The number of hydrogen-bond donors (Lipinski definition) is 1. The number of carbonyl (C=O) groups is 2. The molecule has 78 valence electrons. The number of cyclic esters (lactones) is 1. The minimum absolute atomic E-state index is 0.224. The summed E-state index contributed by atoms with van der Waals surface area (Å²) >= 11 is 0. The van der Waals surface area contributed by atoms with E-state index in [0.717, 1.165) is 4.90 Å². The highest BCUT2D eigenvalue weighted by atomic mass is 16.6. The third-order valence-electron chi connectivity index (χ3n) is 2.17. The Labute approximate surface area is 82.0 Å². The van der Waals surface area contributed by atoms with Crippen LogP contribution in [0.5, 0.6) is 0 Å². The molecule has 5 heteroatoms. The minimum atomic E-state index is -0.934. The van der Waals surface area contributed by atoms with Gasteiger partial charge >= 0.3 is 6.09 Å². The Hall–Kier alpha value is -1.36. The molecule has 1 rings (SSSR count). The van der Waals surface area contributed by atoms with Gasteiger partial charge in [-0.1, -0.05) is 13.0 Å². The fraction of sp³-hybridized carbons (Fsp3) is 0.556. The predicted molar refractivity (Wildman–Crippen MR) is 48.4 cm³/mol. The van der Waals surface area contributed by atoms with Crippen molar-refractivity contribution in [2.45, 2.75) is 13.0 Å². The van der Waals surface area contributed by atoms with Crippen LogP contribution in [0.3, 0.4) is 0 Å². The Morgan fingerprint density at radius 3 is 2.86 bits per heavy atom. The molecule has 0 saturated carbocycles. The molecule has 2 unspecified atom stereocenters. The largest absolute Gasteiger partial charge is 0.447 e. The van der Waals surface area contributed by atoms with E-state index in [0.29, 0.717) is 0 Å². The van der Waals surface area contributed by atoms with E-state index in [1.165, 1.54) is 6.08 Å². The van der Waals surface area contributed by atoms with Crippen molar-refractivity contribution in [2.24, 2.45) is 5.92 Å². The fourth-order valence-electron chi connectivity index (χ4n) is 1.19. The molecule has 2 atom stereocenters. The average Bonchev–Trinajstić information content (AvgIpc) is 2.61. The molecule has 1 aliphatic heterocycles. The van der Waals surface area contributed by atoms with Crippen LogP contribution >= 0.6 is 0 Å². The second-order valence-corrected chi connectivity index (χ2v) is 3.12. The Balaban J connectivity index is 2.64. The third-order valence-corrected chi connectivity index (χ3v) is 2.17. The summed E-state index contributed by atoms with van der Waals surface area (Å²) in [5.41, 5.74) is 0. The number of nitrogens with zero attached hydrogens (tertiary/aromatic N) is 1. The van der Waals surface area contributed by atoms with Crippen molar-refractivity contribution in [3.8, 4) is 0 Å². The maximum atomic E-state index is 11.6. The van der Waals surface area contributed by atoms with Gasteiger partial charge in [0.2, 0.25) is 5.91 Å². The van der Waals surface area contributed by atoms with Crippen molar-refractivity contribution >= 4 is 12.0 Å². The van der Waals surface area contributed by atoms with E-state index in [4.69, 9.17) is 0 Å². The van der Waals surface area contributed by atoms with E-state index in [9.17, 15) is 14.7 Å². The van der Waals surface area contributed by atoms with E-state index >= 15 is 0 Å². The van der Waals surface area contributed by atoms with Crippen molar-refractivity contribution in [3.63, 3.8) is 0 Å². The van der Waals surface area contributed by atoms with Gasteiger partial charge in [0.1, 0.15) is 6.61 Å². The van der Waals surface area contributed by atoms with E-state index < -0.39 is 24.0 Å². The topological polar surface area (TPSA) is 66.8 Å². The van der Waals surface area contributed by atoms with Gasteiger partial charge in [0.25, 0.3) is 0 Å². The van der Waals surface area contributed by atoms with Crippen LogP contribution in [-0.2, 0) is 9.53 Å². The summed E-state index contributed by atoms with van der Waals surface area (Å²) in [5.74, 6) is -1.10. The van der Waals surface area contributed by atoms with E-state index in [1.54, 1.807) is 6.92 Å². The predicted octanol–water partition coefficient (Wildman–Crippen LogP) is 0.148. The summed E-state index contributed by atoms with van der Waals surface area (Å²) in [7, 11) is 0. The van der Waals surface area contributed by atoms with Crippen molar-refractivity contribution < 1.29 is 19.4 Å². The average molecular weight is 199 g/mol. The molecule has 0 aromatic rings. The molecule has 2 amide bonds. The molecule has 1 aliphatic rings. The first-order chi connectivity index (χ1) is 6.57. The van der Waals surface area contributed by atoms with E-state index in [1.807, 2.05) is 0 Å². The summed E-state index contributed by atoms with van der Waals surface area (Å²) in [6.07, 6.45) is -0.307. The van der Waals surface area contributed by atoms with Crippen molar-refractivity contribution in [3.05, 3.63) is 12.7 Å². The Morgan fingerprint density at radius 1 is 1.79 bits per heavy atom. The summed E-state index contributed by atoms with van der Waals surface area (Å²) in [4.78, 5) is 23.6. The second-order valence-electron chi connectivity index (χ2n) is 3.12. The third kappa shape index (κ3) is 1.93. The minimum Gasteiger partial charge on any atom is -0.447 e. The van der Waals surface area contributed by atoms with Gasteiger partial charge < -0.3 is 9.84 Å². The molecule has 5 nitrogen and oxygen atoms in total. The molecule has 0 aromatic carbocycles. The first-order valence-corrected chi connectivity index (χ1v) is 4.36. The van der Waals surface area contributed by atoms with Gasteiger partial charge in [-0.25, -0.2) is 9.69 Å². The number of rotatable bonds is 3. The lowest BCUT2D eigenvalue weighted by molar-refractivity contribution is -0.133. The lowest BCUT2D eigenvalue weighted by Crippen LogP contribution is -2.39. The zero-order chi connectivity index (χ0) is 10.7. The molecular weight excluding hydrogens is 186 g/mol. The molecule has 14 heavy (non-hydrogen) atoms. The number of aliphatic hydroxyl groups excluding tert-OH is 1. The van der Waals surface area contributed by atoms with Crippen LogP contribution in [0.25, 0.3) is 0 Å². The fourth-order valence-corrected chi connectivity index (χ4v) is 1.19. The highest BCUT2D eigenvalue weighted by molar-refractivity contribution is 5.94. The van der Waals surface area contributed by atoms with Crippen molar-refractivity contribution in [2.75, 3.05) is 13.2 Å². The Morgan fingerprint density at radius 2 is 2.43 bits per heavy atom. The summed E-state index contributed by atoms with van der Waals surface area (Å²) < 4.78 is 4.61. The Kier molecular flexibility index (Phi) is 3.24. The lowest BCUT2D eigenvalue weighted by atomic mass is 10.0. The molecule has 1 fully saturated rings. The molecule has 0 aromatic heterocycles. The SMILES string of the molecule is C=CC(O)C(C)C(=O)N1CCOC1=O. The summed E-state index contributed by atoms with van der Waals surface area (Å²) in [6.45, 7) is 5.39. The van der Waals surface area contributed by atoms with E-state index in [2.05, 4.69) is 11.3 Å². The van der Waals surface area contributed by atoms with Gasteiger partial charge in [-0.3, -0.25) is 4.79 Å². The van der Waals surface area contributed by atoms with Crippen LogP contribution in [0.2, 0.25) is 0 Å². The number of carbonyl (C=O) groups excluding carboxylic acids is 2. The lowest BCUT2D eigenvalue weighted by Gasteiger charge is -2.18. The standard InChI is InChI=1S/C9H13NO4/c1-3-7(11)6(2)8(12)10-4-5-14-9(10)13/h3,6-7,11H,1,4-5H2,2H3. The van der Waals surface area contributed by atoms with Crippen LogP contribution in [0.15, 0.2) is 12.7 Å². The second kappa shape index (κ2) is 4.23. The summed E-state index contributed by atoms with van der Waals surface area (Å²) in [5, 5.41) is 9.33. The molecule has 1 saturated heterocycles. The Bertz CT molecular complexity index is 264. The molecule has 1 heterocycles. The van der Waals surface area contributed by atoms with Gasteiger partial charge in [0, 0.05) is 0 Å². The summed E-state index contributed by atoms with van der Waals surface area (Å²) in [6, 6.07) is 0. The van der Waals surface area contributed by atoms with Gasteiger partial charge in [0.05, 0.1) is 18.6 Å². The quantitative estimate of drug-likeness (QED) is 0.657. The van der Waals surface area contributed by atoms with Crippen LogP contribution in [0, 0.1) is 5.92 Å². The van der Waals surface area contributed by atoms with Crippen molar-refractivity contribution in [1.82, 2.24) is 4.90 Å². The molecule has 0 radical (unpaired) electrons. The van der Waals surface area contributed by atoms with Crippen LogP contribution in [0.4, 0.5) is 4.79 Å². The highest BCUT2D eigenvalue weighted by Gasteiger charge is 2.33. The number of imide groups is 1. The number of ether oxygens (including phenoxy) is 1. The van der Waals surface area contributed by atoms with Gasteiger partial charge in [-0.2, -0.15) is 0 Å². The highest BCUT2D eigenvalue weighted by Crippen LogP contribution is 2.12. The van der Waals surface area contributed by atoms with Crippen molar-refractivity contribution in [1.29, 1.82) is 0 Å². The molecule has 1 N–H and O–H groups in total. The van der Waals surface area contributed by atoms with Gasteiger partial charge in [-0.15, -0.1) is 6.58 Å². The number of hydrogen-bond acceptors (Lipinski definition) is 4. The molecule has 0 bridgehead atoms. The molecule has 0 aliphatic carbocycles. The molecule has 0 spiro atoms. The van der Waals surface area contributed by atoms with Crippen LogP contribution in [-0.4, -0.2) is 41.3 Å². The monoisotopic (exact) mass is 199 g/mol. The van der Waals surface area contributed by atoms with E-state index in [-0.39, 0.29) is 13.2 Å². The van der Waals surface area contributed by atoms with Crippen LogP contribution < -0.4 is 0 Å². The number of amides is 2. The zero-order valence-electron chi connectivity index (χ0n) is 7.97. The smallest absolute Gasteiger partial charge is 0.416 e. The number of aliphatic hydroxyl groups is 1. The van der Waals surface area contributed by atoms with Crippen LogP contribution in [0.1, 0.15) is 6.92 Å². The molecular formula is C9H13NO4.